The second-order valence-corrected chi connectivity index (χ2v) is 4.61. The number of nitrogens with zero attached hydrogens (tertiary/aromatic N) is 1. The highest BCUT2D eigenvalue weighted by Crippen LogP contribution is 2.26. The van der Waals surface area contributed by atoms with Crippen LogP contribution in [0.5, 0.6) is 0 Å². The topological polar surface area (TPSA) is 124 Å². The van der Waals surface area contributed by atoms with Gasteiger partial charge in [-0.15, -0.1) is 0 Å². The van der Waals surface area contributed by atoms with E-state index in [-0.39, 0.29) is 0 Å². The van der Waals surface area contributed by atoms with Crippen molar-refractivity contribution in [2.75, 3.05) is 0 Å². The van der Waals surface area contributed by atoms with Crippen LogP contribution in [-0.4, -0.2) is 4.92 Å². The Labute approximate surface area is 86.1 Å². The summed E-state index contributed by atoms with van der Waals surface area (Å²) in [6, 6.07) is 8.02. The van der Waals surface area contributed by atoms with Crippen LogP contribution in [0.1, 0.15) is 11.7 Å². The number of benzene rings is 1. The van der Waals surface area contributed by atoms with Crippen molar-refractivity contribution in [3.63, 3.8) is 0 Å². The van der Waals surface area contributed by atoms with Gasteiger partial charge in [0.05, 0.1) is 0 Å². The molecular weight excluding hydrogens is 219 g/mol. The Bertz CT molecular complexity index is 390. The van der Waals surface area contributed by atoms with E-state index < -0.39 is 18.7 Å². The van der Waals surface area contributed by atoms with E-state index in [2.05, 4.69) is 5.09 Å². The fourth-order valence-electron chi connectivity index (χ4n) is 1.07. The first-order chi connectivity index (χ1) is 6.90. The zero-order valence-corrected chi connectivity index (χ0v) is 8.63. The summed E-state index contributed by atoms with van der Waals surface area (Å²) in [5, 5.41) is 12.8. The second-order valence-electron chi connectivity index (χ2n) is 2.94. The van der Waals surface area contributed by atoms with Crippen molar-refractivity contribution in [2.45, 2.75) is 6.17 Å². The van der Waals surface area contributed by atoms with Crippen LogP contribution in [0.15, 0.2) is 30.3 Å². The van der Waals surface area contributed by atoms with Crippen molar-refractivity contribution in [1.29, 1.82) is 0 Å². The molecule has 0 radical (unpaired) electrons. The molecule has 1 rings (SSSR count). The van der Waals surface area contributed by atoms with Crippen LogP contribution in [0.2, 0.25) is 0 Å². The van der Waals surface area contributed by atoms with Gasteiger partial charge in [-0.25, -0.2) is 0 Å². The number of hydrogen-bond acceptors (Lipinski definition) is 3. The average molecular weight is 230 g/mol. The zero-order valence-electron chi connectivity index (χ0n) is 7.74. The van der Waals surface area contributed by atoms with Gasteiger partial charge in [-0.05, 0) is 0 Å². The molecule has 8 heteroatoms. The van der Waals surface area contributed by atoms with E-state index in [1.54, 1.807) is 18.2 Å². The van der Waals surface area contributed by atoms with Gasteiger partial charge in [-0.3, -0.25) is 25.7 Å². The number of hydrogen-bond donors (Lipinski definition) is 3. The van der Waals surface area contributed by atoms with E-state index in [1.165, 1.54) is 12.1 Å². The number of nitrogens with two attached hydrogens (primary N) is 2. The van der Waals surface area contributed by atoms with Crippen molar-refractivity contribution in [3.05, 3.63) is 46.0 Å². The SMILES string of the molecule is NP(N)(=O)NC(c1ccccc1)[N+](=O)[O-]. The molecule has 82 valence electrons. The molecule has 0 spiro atoms. The van der Waals surface area contributed by atoms with Gasteiger partial charge in [0.25, 0.3) is 13.8 Å². The molecule has 0 aliphatic rings. The molecule has 0 saturated carbocycles. The van der Waals surface area contributed by atoms with Crippen LogP contribution in [0.3, 0.4) is 0 Å². The Balaban J connectivity index is 2.95. The van der Waals surface area contributed by atoms with Crippen molar-refractivity contribution >= 4 is 7.59 Å². The molecule has 1 atom stereocenters. The maximum Gasteiger partial charge on any atom is 0.298 e. The van der Waals surface area contributed by atoms with Gasteiger partial charge in [0, 0.05) is 10.5 Å². The first-order valence-electron chi connectivity index (χ1n) is 4.03. The highest BCUT2D eigenvalue weighted by Gasteiger charge is 2.27. The summed E-state index contributed by atoms with van der Waals surface area (Å²) >= 11 is 0. The predicted octanol–water partition coefficient (Wildman–Crippen LogP) is 0.577. The lowest BCUT2D eigenvalue weighted by atomic mass is 10.2. The molecule has 1 aromatic rings. The number of rotatable bonds is 4. The third kappa shape index (κ3) is 3.77. The molecule has 0 aliphatic carbocycles. The van der Waals surface area contributed by atoms with Crippen molar-refractivity contribution in [1.82, 2.24) is 5.09 Å². The minimum absolute atomic E-state index is 0.346. The molecule has 0 aliphatic heterocycles. The highest BCUT2D eigenvalue weighted by atomic mass is 31.2. The molecule has 7 nitrogen and oxygen atoms in total. The summed E-state index contributed by atoms with van der Waals surface area (Å²) in [5.41, 5.74) is 10.4. The van der Waals surface area contributed by atoms with Gasteiger partial charge in [0.15, 0.2) is 0 Å². The molecule has 0 heterocycles. The Kier molecular flexibility index (Phi) is 3.54. The summed E-state index contributed by atoms with van der Waals surface area (Å²) in [5.74, 6) is 0. The molecule has 0 bridgehead atoms. The maximum atomic E-state index is 11.0. The second kappa shape index (κ2) is 4.50. The molecule has 1 unspecified atom stereocenters. The van der Waals surface area contributed by atoms with Gasteiger partial charge in [-0.2, -0.15) is 5.09 Å². The Hall–Kier alpha value is -1.27. The molecule has 5 N–H and O–H groups in total. The minimum Gasteiger partial charge on any atom is -0.271 e. The summed E-state index contributed by atoms with van der Waals surface area (Å²) < 4.78 is 11.0. The van der Waals surface area contributed by atoms with E-state index >= 15 is 0 Å². The first-order valence-corrected chi connectivity index (χ1v) is 5.88. The summed E-state index contributed by atoms with van der Waals surface area (Å²) in [7, 11) is -3.63. The summed E-state index contributed by atoms with van der Waals surface area (Å²) in [6.07, 6.45) is -1.35. The van der Waals surface area contributed by atoms with E-state index in [0.717, 1.165) is 0 Å². The first kappa shape index (κ1) is 11.8. The third-order valence-corrected chi connectivity index (χ3v) is 2.30. The van der Waals surface area contributed by atoms with Crippen LogP contribution < -0.4 is 16.1 Å². The normalized spacial score (nSPS) is 13.5. The standard InChI is InChI=1S/C7H11N4O3P/c8-15(9,14)10-7(11(12)13)6-4-2-1-3-5-6/h1-5,7H,(H5,8,9,10,14). The minimum atomic E-state index is -3.63. The van der Waals surface area contributed by atoms with Crippen molar-refractivity contribution < 1.29 is 9.49 Å². The lowest BCUT2D eigenvalue weighted by Crippen LogP contribution is -2.31. The molecule has 15 heavy (non-hydrogen) atoms. The van der Waals surface area contributed by atoms with E-state index in [0.29, 0.717) is 5.56 Å². The molecule has 0 saturated heterocycles. The van der Waals surface area contributed by atoms with Crippen molar-refractivity contribution in [3.8, 4) is 0 Å². The van der Waals surface area contributed by atoms with Gasteiger partial charge in [0.1, 0.15) is 0 Å². The third-order valence-electron chi connectivity index (χ3n) is 1.65. The Morgan fingerprint density at radius 2 is 1.87 bits per heavy atom. The predicted molar refractivity (Wildman–Crippen MR) is 55.3 cm³/mol. The van der Waals surface area contributed by atoms with Crippen LogP contribution in [0.4, 0.5) is 0 Å². The van der Waals surface area contributed by atoms with Crippen LogP contribution >= 0.6 is 7.59 Å². The summed E-state index contributed by atoms with van der Waals surface area (Å²) in [4.78, 5) is 10.1. The van der Waals surface area contributed by atoms with E-state index in [9.17, 15) is 14.7 Å². The molecule has 1 aromatic carbocycles. The monoisotopic (exact) mass is 230 g/mol. The molecular formula is C7H11N4O3P. The Morgan fingerprint density at radius 3 is 2.27 bits per heavy atom. The highest BCUT2D eigenvalue weighted by molar-refractivity contribution is 7.56. The van der Waals surface area contributed by atoms with Crippen LogP contribution in [-0.2, 0) is 4.57 Å². The number of nitro groups is 1. The molecule has 0 aromatic heterocycles. The van der Waals surface area contributed by atoms with E-state index in [1.807, 2.05) is 0 Å². The lowest BCUT2D eigenvalue weighted by molar-refractivity contribution is -0.532. The summed E-state index contributed by atoms with van der Waals surface area (Å²) in [6.45, 7) is 0. The van der Waals surface area contributed by atoms with Crippen LogP contribution in [0.25, 0.3) is 0 Å². The van der Waals surface area contributed by atoms with Gasteiger partial charge < -0.3 is 0 Å². The van der Waals surface area contributed by atoms with E-state index in [4.69, 9.17) is 11.0 Å². The van der Waals surface area contributed by atoms with Crippen LogP contribution in [0, 0.1) is 10.1 Å². The zero-order chi connectivity index (χ0) is 11.5. The Morgan fingerprint density at radius 1 is 1.33 bits per heavy atom. The van der Waals surface area contributed by atoms with Gasteiger partial charge in [-0.1, -0.05) is 30.3 Å². The quantitative estimate of drug-likeness (QED) is 0.300. The molecule has 0 amide bonds. The number of nitrogens with one attached hydrogen (secondary N) is 1. The van der Waals surface area contributed by atoms with Crippen molar-refractivity contribution in [2.24, 2.45) is 11.0 Å². The lowest BCUT2D eigenvalue weighted by Gasteiger charge is -2.13. The fraction of sp³-hybridized carbons (Fsp3) is 0.143. The van der Waals surface area contributed by atoms with Gasteiger partial charge >= 0.3 is 0 Å². The van der Waals surface area contributed by atoms with Gasteiger partial charge in [0.2, 0.25) is 0 Å². The smallest absolute Gasteiger partial charge is 0.271 e. The fourth-order valence-corrected chi connectivity index (χ4v) is 1.70. The average Bonchev–Trinajstić information content (AvgIpc) is 2.14. The maximum absolute atomic E-state index is 11.0. The molecule has 0 fully saturated rings. The largest absolute Gasteiger partial charge is 0.298 e.